The first-order chi connectivity index (χ1) is 12.9. The summed E-state index contributed by atoms with van der Waals surface area (Å²) in [6.07, 6.45) is -0.806. The van der Waals surface area contributed by atoms with Crippen molar-refractivity contribution >= 4 is 29.3 Å². The van der Waals surface area contributed by atoms with Gasteiger partial charge in [-0.3, -0.25) is 9.69 Å². The van der Waals surface area contributed by atoms with Crippen molar-refractivity contribution in [3.63, 3.8) is 0 Å². The number of carboxylic acid groups (broad SMARTS) is 1. The summed E-state index contributed by atoms with van der Waals surface area (Å²) in [6.45, 7) is 7.13. The molecule has 2 atom stereocenters. The molecule has 27 heavy (non-hydrogen) atoms. The van der Waals surface area contributed by atoms with Crippen molar-refractivity contribution < 1.29 is 14.7 Å². The Morgan fingerprint density at radius 2 is 1.81 bits per heavy atom. The van der Waals surface area contributed by atoms with E-state index in [2.05, 4.69) is 21.2 Å². The number of rotatable bonds is 4. The number of amides is 2. The summed E-state index contributed by atoms with van der Waals surface area (Å²) in [7, 11) is 0. The van der Waals surface area contributed by atoms with Gasteiger partial charge in [-0.15, -0.1) is 0 Å². The van der Waals surface area contributed by atoms with Crippen molar-refractivity contribution in [2.75, 3.05) is 44.2 Å². The second kappa shape index (κ2) is 7.20. The minimum absolute atomic E-state index is 0.00925. The molecule has 8 heteroatoms. The van der Waals surface area contributed by atoms with Gasteiger partial charge in [0.1, 0.15) is 0 Å². The zero-order chi connectivity index (χ0) is 19.1. The van der Waals surface area contributed by atoms with Crippen LogP contribution in [0.15, 0.2) is 18.2 Å². The molecule has 2 unspecified atom stereocenters. The molecule has 0 radical (unpaired) electrons. The number of hydrogen-bond acceptors (Lipinski definition) is 4. The molecule has 3 aliphatic heterocycles. The summed E-state index contributed by atoms with van der Waals surface area (Å²) in [4.78, 5) is 28.6. The highest BCUT2D eigenvalue weighted by atomic mass is 35.5. The minimum Gasteiger partial charge on any atom is -0.465 e. The van der Waals surface area contributed by atoms with Crippen LogP contribution in [-0.4, -0.2) is 72.2 Å². The minimum atomic E-state index is -0.806. The zero-order valence-corrected chi connectivity index (χ0v) is 16.2. The van der Waals surface area contributed by atoms with Crippen LogP contribution in [0.3, 0.4) is 0 Å². The molecule has 0 aromatic heterocycles. The van der Waals surface area contributed by atoms with E-state index in [-0.39, 0.29) is 11.9 Å². The highest BCUT2D eigenvalue weighted by molar-refractivity contribution is 6.30. The van der Waals surface area contributed by atoms with Crippen molar-refractivity contribution in [2.24, 2.45) is 11.8 Å². The number of benzene rings is 1. The summed E-state index contributed by atoms with van der Waals surface area (Å²) >= 11 is 6.25. The molecule has 3 aliphatic rings. The fraction of sp³-hybridized carbons (Fsp3) is 0.579. The van der Waals surface area contributed by atoms with Crippen LogP contribution in [0.4, 0.5) is 10.5 Å². The molecule has 3 fully saturated rings. The molecule has 3 heterocycles. The van der Waals surface area contributed by atoms with Crippen LogP contribution in [0, 0.1) is 11.8 Å². The Kier molecular flexibility index (Phi) is 4.90. The van der Waals surface area contributed by atoms with Crippen LogP contribution in [0.1, 0.15) is 12.5 Å². The van der Waals surface area contributed by atoms with Crippen molar-refractivity contribution in [1.29, 1.82) is 0 Å². The molecule has 4 rings (SSSR count). The monoisotopic (exact) mass is 392 g/mol. The Morgan fingerprint density at radius 1 is 1.15 bits per heavy atom. The maximum Gasteiger partial charge on any atom is 0.407 e. The quantitative estimate of drug-likeness (QED) is 0.815. The van der Waals surface area contributed by atoms with E-state index in [1.54, 1.807) is 11.8 Å². The second-order valence-electron chi connectivity index (χ2n) is 7.98. The van der Waals surface area contributed by atoms with Crippen molar-refractivity contribution in [3.8, 4) is 0 Å². The molecule has 0 spiro atoms. The maximum atomic E-state index is 11.2. The van der Waals surface area contributed by atoms with Gasteiger partial charge in [0.15, 0.2) is 0 Å². The predicted octanol–water partition coefficient (Wildman–Crippen LogP) is 1.71. The molecule has 0 bridgehead atoms. The van der Waals surface area contributed by atoms with E-state index >= 15 is 0 Å². The number of carbonyl (C=O) groups excluding carboxylic acids is 1. The molecular formula is C19H25ClN4O3. The first kappa shape index (κ1) is 18.4. The zero-order valence-electron chi connectivity index (χ0n) is 15.4. The molecule has 7 nitrogen and oxygen atoms in total. The van der Waals surface area contributed by atoms with Crippen LogP contribution in [0.25, 0.3) is 0 Å². The van der Waals surface area contributed by atoms with E-state index in [4.69, 9.17) is 11.6 Å². The van der Waals surface area contributed by atoms with Gasteiger partial charge in [-0.2, -0.15) is 0 Å². The molecule has 1 aromatic rings. The summed E-state index contributed by atoms with van der Waals surface area (Å²) < 4.78 is 0. The van der Waals surface area contributed by atoms with Crippen LogP contribution < -0.4 is 10.2 Å². The Hall–Kier alpha value is -1.99. The van der Waals surface area contributed by atoms with E-state index in [1.807, 2.05) is 12.1 Å². The molecule has 2 N–H and O–H groups in total. The number of halogens is 1. The fourth-order valence-electron chi connectivity index (χ4n) is 4.66. The van der Waals surface area contributed by atoms with Gasteiger partial charge in [-0.05, 0) is 35.6 Å². The molecule has 0 aliphatic carbocycles. The Bertz CT molecular complexity index is 738. The molecule has 3 saturated heterocycles. The number of fused-ring (bicyclic) bond motifs is 1. The maximum absolute atomic E-state index is 11.2. The molecule has 0 saturated carbocycles. The summed E-state index contributed by atoms with van der Waals surface area (Å²) in [6, 6.07) is 6.21. The van der Waals surface area contributed by atoms with Gasteiger partial charge in [-0.1, -0.05) is 11.6 Å². The van der Waals surface area contributed by atoms with E-state index in [9.17, 15) is 14.7 Å². The molecule has 146 valence electrons. The van der Waals surface area contributed by atoms with Gasteiger partial charge in [-0.25, -0.2) is 4.79 Å². The van der Waals surface area contributed by atoms with E-state index in [0.29, 0.717) is 24.9 Å². The van der Waals surface area contributed by atoms with Crippen LogP contribution >= 0.6 is 11.6 Å². The topological polar surface area (TPSA) is 76.1 Å². The Balaban J connectivity index is 1.39. The van der Waals surface area contributed by atoms with Gasteiger partial charge in [0.2, 0.25) is 5.91 Å². The lowest BCUT2D eigenvalue weighted by Gasteiger charge is -2.42. The van der Waals surface area contributed by atoms with Crippen LogP contribution in [0.2, 0.25) is 5.02 Å². The molecule has 1 aromatic carbocycles. The Labute approximate surface area is 163 Å². The lowest BCUT2D eigenvalue weighted by atomic mass is 10.0. The summed E-state index contributed by atoms with van der Waals surface area (Å²) in [5.41, 5.74) is 2.36. The third-order valence-corrected chi connectivity index (χ3v) is 6.13. The number of hydrogen-bond donors (Lipinski definition) is 2. The first-order valence-electron chi connectivity index (χ1n) is 9.39. The smallest absolute Gasteiger partial charge is 0.407 e. The van der Waals surface area contributed by atoms with Gasteiger partial charge in [0.05, 0.1) is 6.04 Å². The predicted molar refractivity (Wildman–Crippen MR) is 103 cm³/mol. The van der Waals surface area contributed by atoms with Crippen molar-refractivity contribution in [2.45, 2.75) is 19.5 Å². The first-order valence-corrected chi connectivity index (χ1v) is 9.77. The second-order valence-corrected chi connectivity index (χ2v) is 8.41. The van der Waals surface area contributed by atoms with E-state index in [1.165, 1.54) is 11.3 Å². The van der Waals surface area contributed by atoms with E-state index in [0.717, 1.165) is 37.7 Å². The third-order valence-electron chi connectivity index (χ3n) is 5.90. The average Bonchev–Trinajstić information content (AvgIpc) is 3.09. The van der Waals surface area contributed by atoms with Crippen LogP contribution in [-0.2, 0) is 11.3 Å². The highest BCUT2D eigenvalue weighted by Gasteiger charge is 2.41. The largest absolute Gasteiger partial charge is 0.465 e. The summed E-state index contributed by atoms with van der Waals surface area (Å²) in [5.74, 6) is 0.865. The van der Waals surface area contributed by atoms with Gasteiger partial charge < -0.3 is 20.2 Å². The lowest BCUT2D eigenvalue weighted by molar-refractivity contribution is -0.119. The molecule has 2 amide bonds. The third kappa shape index (κ3) is 3.84. The Morgan fingerprint density at radius 3 is 2.41 bits per heavy atom. The molecular weight excluding hydrogens is 368 g/mol. The van der Waals surface area contributed by atoms with Crippen molar-refractivity contribution in [1.82, 2.24) is 15.1 Å². The number of carbonyl (C=O) groups is 2. The van der Waals surface area contributed by atoms with E-state index < -0.39 is 6.09 Å². The lowest BCUT2D eigenvalue weighted by Crippen LogP contribution is -2.59. The average molecular weight is 393 g/mol. The number of likely N-dealkylation sites (tertiary alicyclic amines) is 2. The van der Waals surface area contributed by atoms with Gasteiger partial charge >= 0.3 is 6.09 Å². The van der Waals surface area contributed by atoms with Crippen LogP contribution in [0.5, 0.6) is 0 Å². The highest BCUT2D eigenvalue weighted by Crippen LogP contribution is 2.34. The number of nitrogens with zero attached hydrogens (tertiary/aromatic N) is 3. The summed E-state index contributed by atoms with van der Waals surface area (Å²) in [5, 5.41) is 12.9. The van der Waals surface area contributed by atoms with Gasteiger partial charge in [0, 0.05) is 63.4 Å². The normalized spacial score (nSPS) is 25.4. The fourth-order valence-corrected chi connectivity index (χ4v) is 4.85. The van der Waals surface area contributed by atoms with Gasteiger partial charge in [0.25, 0.3) is 0 Å². The number of anilines is 1. The SMILES string of the molecule is CC(=O)NC1CN(c2ccc(Cl)cc2CN2CC3CN(C(=O)O)CC3C2)C1. The standard InChI is InChI=1S/C19H25ClN4O3/c1-12(25)21-17-10-23(11-17)18-3-2-16(20)4-13(18)5-22-6-14-8-24(19(26)27)9-15(14)7-22/h2-4,14-15,17H,5-11H2,1H3,(H,21,25)(H,26,27). The number of nitrogens with one attached hydrogen (secondary N) is 1. The van der Waals surface area contributed by atoms with Crippen molar-refractivity contribution in [3.05, 3.63) is 28.8 Å².